The molecule has 8 heteroatoms. The number of benzene rings is 2. The van der Waals surface area contributed by atoms with Gasteiger partial charge in [-0.05, 0) is 63.5 Å². The maximum atomic E-state index is 12.5. The summed E-state index contributed by atoms with van der Waals surface area (Å²) in [7, 11) is 4.01. The number of carbonyl (C=O) groups is 2. The van der Waals surface area contributed by atoms with Gasteiger partial charge in [0.25, 0.3) is 5.91 Å². The molecule has 0 spiro atoms. The zero-order valence-corrected chi connectivity index (χ0v) is 18.1. The largest absolute Gasteiger partial charge is 0.444 e. The van der Waals surface area contributed by atoms with E-state index in [1.54, 1.807) is 24.3 Å². The molecule has 0 saturated carbocycles. The molecular weight excluding hydrogens is 394 g/mol. The van der Waals surface area contributed by atoms with Crippen molar-refractivity contribution in [2.45, 2.75) is 18.9 Å². The summed E-state index contributed by atoms with van der Waals surface area (Å²) < 4.78 is 5.53. The van der Waals surface area contributed by atoms with Crippen molar-refractivity contribution < 1.29 is 14.3 Å². The van der Waals surface area contributed by atoms with Gasteiger partial charge in [-0.2, -0.15) is 0 Å². The van der Waals surface area contributed by atoms with Gasteiger partial charge in [0.2, 0.25) is 0 Å². The minimum absolute atomic E-state index is 0.141. The van der Waals surface area contributed by atoms with Crippen molar-refractivity contribution in [2.75, 3.05) is 56.2 Å². The average molecular weight is 426 g/mol. The quantitative estimate of drug-likeness (QED) is 0.444. The minimum Gasteiger partial charge on any atom is -0.444 e. The van der Waals surface area contributed by atoms with Crippen LogP contribution in [-0.2, 0) is 4.74 Å². The molecule has 1 saturated heterocycles. The summed E-state index contributed by atoms with van der Waals surface area (Å²) in [6.45, 7) is 2.96. The number of ether oxygens (including phenoxy) is 1. The molecule has 4 N–H and O–H groups in total. The Morgan fingerprint density at radius 2 is 1.90 bits per heavy atom. The normalized spacial score (nSPS) is 15.7. The molecule has 0 radical (unpaired) electrons. The Kier molecular flexibility index (Phi) is 7.72. The van der Waals surface area contributed by atoms with Crippen LogP contribution in [0.1, 0.15) is 23.2 Å². The number of nitrogens with two attached hydrogens (primary N) is 1. The Hall–Kier alpha value is -3.26. The second kappa shape index (κ2) is 10.7. The molecule has 1 atom stereocenters. The summed E-state index contributed by atoms with van der Waals surface area (Å²) in [5.74, 6) is -0.210. The van der Waals surface area contributed by atoms with Crippen LogP contribution >= 0.6 is 0 Å². The van der Waals surface area contributed by atoms with E-state index in [1.807, 2.05) is 38.4 Å². The van der Waals surface area contributed by atoms with E-state index in [0.717, 1.165) is 31.6 Å². The number of nitrogens with one attached hydrogen (secondary N) is 2. The summed E-state index contributed by atoms with van der Waals surface area (Å²) in [5.41, 5.74) is 8.55. The highest BCUT2D eigenvalue weighted by molar-refractivity contribution is 6.05. The fourth-order valence-corrected chi connectivity index (χ4v) is 3.47. The molecule has 31 heavy (non-hydrogen) atoms. The molecule has 8 nitrogen and oxygen atoms in total. The number of para-hydroxylation sites is 2. The monoisotopic (exact) mass is 425 g/mol. The van der Waals surface area contributed by atoms with E-state index < -0.39 is 0 Å². The first kappa shape index (κ1) is 22.4. The maximum absolute atomic E-state index is 12.5. The number of alkyl carbamates (subject to hydrolysis) is 1. The number of anilines is 3. The van der Waals surface area contributed by atoms with Crippen LogP contribution in [0.25, 0.3) is 0 Å². The van der Waals surface area contributed by atoms with E-state index in [1.165, 1.54) is 0 Å². The highest BCUT2D eigenvalue weighted by Crippen LogP contribution is 2.23. The smallest absolute Gasteiger partial charge is 0.407 e. The van der Waals surface area contributed by atoms with E-state index in [4.69, 9.17) is 10.5 Å². The first-order chi connectivity index (χ1) is 14.9. The number of hydrogen-bond donors (Lipinski definition) is 3. The van der Waals surface area contributed by atoms with Crippen LogP contribution in [0.4, 0.5) is 21.9 Å². The molecule has 2 aromatic rings. The fourth-order valence-electron chi connectivity index (χ4n) is 3.47. The molecule has 1 aliphatic heterocycles. The minimum atomic E-state index is -0.363. The third-order valence-electron chi connectivity index (χ3n) is 5.17. The topological polar surface area (TPSA) is 99.9 Å². The van der Waals surface area contributed by atoms with Gasteiger partial charge in [-0.25, -0.2) is 4.79 Å². The molecule has 1 unspecified atom stereocenters. The first-order valence-electron chi connectivity index (χ1n) is 10.5. The number of nitrogens with zero attached hydrogens (tertiary/aromatic N) is 2. The summed E-state index contributed by atoms with van der Waals surface area (Å²) in [6, 6.07) is 14.6. The summed E-state index contributed by atoms with van der Waals surface area (Å²) in [5, 5.41) is 5.63. The van der Waals surface area contributed by atoms with Crippen molar-refractivity contribution in [3.63, 3.8) is 0 Å². The van der Waals surface area contributed by atoms with E-state index in [-0.39, 0.29) is 18.1 Å². The molecule has 2 amide bonds. The highest BCUT2D eigenvalue weighted by atomic mass is 16.6. The molecule has 1 fully saturated rings. The fraction of sp³-hybridized carbons (Fsp3) is 0.391. The van der Waals surface area contributed by atoms with Crippen molar-refractivity contribution in [3.05, 3.63) is 54.1 Å². The van der Waals surface area contributed by atoms with Crippen molar-refractivity contribution in [3.8, 4) is 0 Å². The predicted molar refractivity (Wildman–Crippen MR) is 124 cm³/mol. The number of amides is 2. The van der Waals surface area contributed by atoms with Crippen molar-refractivity contribution in [1.82, 2.24) is 10.2 Å². The van der Waals surface area contributed by atoms with Crippen LogP contribution < -0.4 is 21.3 Å². The highest BCUT2D eigenvalue weighted by Gasteiger charge is 2.26. The molecule has 166 valence electrons. The second-order valence-electron chi connectivity index (χ2n) is 7.93. The Bertz CT molecular complexity index is 885. The number of nitrogen functional groups attached to an aromatic ring is 1. The van der Waals surface area contributed by atoms with Gasteiger partial charge < -0.3 is 30.9 Å². The summed E-state index contributed by atoms with van der Waals surface area (Å²) in [4.78, 5) is 28.7. The molecule has 0 aromatic heterocycles. The van der Waals surface area contributed by atoms with E-state index in [9.17, 15) is 9.59 Å². The lowest BCUT2D eigenvalue weighted by molar-refractivity contribution is 0.102. The Labute approximate surface area is 183 Å². The molecule has 0 bridgehead atoms. The molecule has 2 aromatic carbocycles. The van der Waals surface area contributed by atoms with Gasteiger partial charge >= 0.3 is 6.09 Å². The van der Waals surface area contributed by atoms with Gasteiger partial charge in [0.1, 0.15) is 6.10 Å². The van der Waals surface area contributed by atoms with E-state index in [2.05, 4.69) is 20.4 Å². The van der Waals surface area contributed by atoms with Gasteiger partial charge in [-0.1, -0.05) is 12.1 Å². The van der Waals surface area contributed by atoms with Crippen molar-refractivity contribution in [2.24, 2.45) is 0 Å². The van der Waals surface area contributed by atoms with Gasteiger partial charge in [-0.15, -0.1) is 0 Å². The third kappa shape index (κ3) is 6.62. The van der Waals surface area contributed by atoms with Crippen LogP contribution in [0.5, 0.6) is 0 Å². The first-order valence-corrected chi connectivity index (χ1v) is 10.5. The SMILES string of the molecule is CN(C)CCCNC(=O)OC1CCN(c2ccc(C(=O)Nc3ccccc3N)cc2)C1. The standard InChI is InChI=1S/C23H31N5O3/c1-27(2)14-5-13-25-23(30)31-19-12-15-28(16-19)18-10-8-17(9-11-18)22(29)26-21-7-4-3-6-20(21)24/h3-4,6-11,19H,5,12-16,24H2,1-2H3,(H,25,30)(H,26,29). The Morgan fingerprint density at radius 1 is 1.16 bits per heavy atom. The number of carbonyl (C=O) groups excluding carboxylic acids is 2. The Balaban J connectivity index is 1.46. The van der Waals surface area contributed by atoms with Crippen LogP contribution in [0.15, 0.2) is 48.5 Å². The summed E-state index contributed by atoms with van der Waals surface area (Å²) >= 11 is 0. The lowest BCUT2D eigenvalue weighted by Crippen LogP contribution is -2.32. The molecule has 1 heterocycles. The lowest BCUT2D eigenvalue weighted by Gasteiger charge is -2.19. The maximum Gasteiger partial charge on any atom is 0.407 e. The number of hydrogen-bond acceptors (Lipinski definition) is 6. The van der Waals surface area contributed by atoms with Crippen LogP contribution in [0, 0.1) is 0 Å². The second-order valence-corrected chi connectivity index (χ2v) is 7.93. The molecule has 1 aliphatic rings. The molecule has 3 rings (SSSR count). The predicted octanol–water partition coefficient (Wildman–Crippen LogP) is 2.78. The van der Waals surface area contributed by atoms with Gasteiger partial charge in [0.05, 0.1) is 17.9 Å². The number of rotatable bonds is 8. The van der Waals surface area contributed by atoms with E-state index >= 15 is 0 Å². The lowest BCUT2D eigenvalue weighted by atomic mass is 10.1. The zero-order valence-electron chi connectivity index (χ0n) is 18.1. The van der Waals surface area contributed by atoms with Crippen molar-refractivity contribution in [1.29, 1.82) is 0 Å². The van der Waals surface area contributed by atoms with Gasteiger partial charge in [-0.3, -0.25) is 4.79 Å². The molecule has 0 aliphatic carbocycles. The van der Waals surface area contributed by atoms with Gasteiger partial charge in [0.15, 0.2) is 0 Å². The van der Waals surface area contributed by atoms with E-state index in [0.29, 0.717) is 30.0 Å². The zero-order chi connectivity index (χ0) is 22.2. The average Bonchev–Trinajstić information content (AvgIpc) is 3.21. The van der Waals surface area contributed by atoms with Crippen LogP contribution in [-0.4, -0.2) is 63.3 Å². The molecular formula is C23H31N5O3. The van der Waals surface area contributed by atoms with Crippen LogP contribution in [0.3, 0.4) is 0 Å². The van der Waals surface area contributed by atoms with Crippen LogP contribution in [0.2, 0.25) is 0 Å². The van der Waals surface area contributed by atoms with Crippen molar-refractivity contribution >= 4 is 29.1 Å². The van der Waals surface area contributed by atoms with Gasteiger partial charge in [0, 0.05) is 30.8 Å². The third-order valence-corrected chi connectivity index (χ3v) is 5.17. The Morgan fingerprint density at radius 3 is 2.61 bits per heavy atom. The summed E-state index contributed by atoms with van der Waals surface area (Å²) in [6.07, 6.45) is 1.16.